The van der Waals surface area contributed by atoms with Crippen LogP contribution in [0.2, 0.25) is 0 Å². The Kier molecular flexibility index (Phi) is 3.79. The minimum Gasteiger partial charge on any atom is -0.325 e. The molecule has 2 aliphatic rings. The van der Waals surface area contributed by atoms with Gasteiger partial charge in [0.05, 0.1) is 5.41 Å². The highest BCUT2D eigenvalue weighted by molar-refractivity contribution is 6.08. The van der Waals surface area contributed by atoms with E-state index in [-0.39, 0.29) is 17.6 Å². The minimum atomic E-state index is -0.454. The maximum atomic E-state index is 13.0. The Morgan fingerprint density at radius 3 is 2.48 bits per heavy atom. The number of fused-ring (bicyclic) bond motifs is 2. The quantitative estimate of drug-likeness (QED) is 0.861. The highest BCUT2D eigenvalue weighted by atomic mass is 19.1. The van der Waals surface area contributed by atoms with E-state index in [4.69, 9.17) is 0 Å². The summed E-state index contributed by atoms with van der Waals surface area (Å²) in [5.74, 6) is -0.600. The summed E-state index contributed by atoms with van der Waals surface area (Å²) < 4.78 is 13.0. The second-order valence-electron chi connectivity index (χ2n) is 6.82. The van der Waals surface area contributed by atoms with E-state index in [1.165, 1.54) is 24.3 Å². The third kappa shape index (κ3) is 2.69. The zero-order valence-electron chi connectivity index (χ0n) is 13.8. The van der Waals surface area contributed by atoms with Crippen molar-refractivity contribution in [2.75, 3.05) is 10.6 Å². The lowest BCUT2D eigenvalue weighted by atomic mass is 9.70. The molecule has 5 heteroatoms. The molecule has 128 valence electrons. The normalized spacial score (nSPS) is 17.9. The van der Waals surface area contributed by atoms with Crippen molar-refractivity contribution >= 4 is 23.2 Å². The summed E-state index contributed by atoms with van der Waals surface area (Å²) in [5, 5.41) is 5.83. The molecule has 1 aliphatic heterocycles. The SMILES string of the molecule is O=C(Nc1ccc2c(c1)C1(CCCCC1)C(=O)N2)c1ccc(F)cc1. The fourth-order valence-corrected chi connectivity index (χ4v) is 3.95. The van der Waals surface area contributed by atoms with Crippen LogP contribution in [0, 0.1) is 5.82 Å². The number of halogens is 1. The molecule has 2 N–H and O–H groups in total. The van der Waals surface area contributed by atoms with Gasteiger partial charge in [-0.15, -0.1) is 0 Å². The Labute approximate surface area is 145 Å². The van der Waals surface area contributed by atoms with Crippen molar-refractivity contribution in [3.63, 3.8) is 0 Å². The Morgan fingerprint density at radius 1 is 1.04 bits per heavy atom. The first kappa shape index (κ1) is 15.8. The van der Waals surface area contributed by atoms with Crippen LogP contribution in [0.15, 0.2) is 42.5 Å². The lowest BCUT2D eigenvalue weighted by Gasteiger charge is -2.31. The largest absolute Gasteiger partial charge is 0.325 e. The summed E-state index contributed by atoms with van der Waals surface area (Å²) in [5.41, 5.74) is 2.41. The van der Waals surface area contributed by atoms with Crippen molar-refractivity contribution in [3.8, 4) is 0 Å². The fourth-order valence-electron chi connectivity index (χ4n) is 3.95. The second-order valence-corrected chi connectivity index (χ2v) is 6.82. The van der Waals surface area contributed by atoms with Gasteiger partial charge in [-0.25, -0.2) is 4.39 Å². The number of rotatable bonds is 2. The molecular weight excluding hydrogens is 319 g/mol. The molecule has 0 bridgehead atoms. The molecule has 2 aromatic rings. The summed E-state index contributed by atoms with van der Waals surface area (Å²) in [4.78, 5) is 24.9. The van der Waals surface area contributed by atoms with E-state index in [0.717, 1.165) is 43.4 Å². The van der Waals surface area contributed by atoms with Crippen LogP contribution in [0.1, 0.15) is 48.0 Å². The van der Waals surface area contributed by atoms with Crippen LogP contribution in [0.25, 0.3) is 0 Å². The lowest BCUT2D eigenvalue weighted by molar-refractivity contribution is -0.121. The molecule has 25 heavy (non-hydrogen) atoms. The summed E-state index contributed by atoms with van der Waals surface area (Å²) in [6.07, 6.45) is 4.94. The van der Waals surface area contributed by atoms with E-state index in [1.807, 2.05) is 12.1 Å². The number of nitrogens with one attached hydrogen (secondary N) is 2. The fraction of sp³-hybridized carbons (Fsp3) is 0.300. The zero-order chi connectivity index (χ0) is 17.4. The highest BCUT2D eigenvalue weighted by Gasteiger charge is 2.47. The van der Waals surface area contributed by atoms with Gasteiger partial charge in [0.1, 0.15) is 5.82 Å². The second kappa shape index (κ2) is 5.99. The molecule has 0 unspecified atom stereocenters. The number of carbonyl (C=O) groups excluding carboxylic acids is 2. The first-order valence-corrected chi connectivity index (χ1v) is 8.61. The molecule has 1 spiro atoms. The molecule has 0 atom stereocenters. The van der Waals surface area contributed by atoms with Crippen LogP contribution in [0.4, 0.5) is 15.8 Å². The van der Waals surface area contributed by atoms with Gasteiger partial charge in [0.15, 0.2) is 0 Å². The maximum Gasteiger partial charge on any atom is 0.255 e. The molecule has 1 fully saturated rings. The Hall–Kier alpha value is -2.69. The third-order valence-corrected chi connectivity index (χ3v) is 5.29. The van der Waals surface area contributed by atoms with Gasteiger partial charge in [-0.2, -0.15) is 0 Å². The van der Waals surface area contributed by atoms with Crippen molar-refractivity contribution < 1.29 is 14.0 Å². The molecule has 4 rings (SSSR count). The van der Waals surface area contributed by atoms with Crippen molar-refractivity contribution in [1.82, 2.24) is 0 Å². The molecule has 2 aromatic carbocycles. The molecule has 0 aromatic heterocycles. The Morgan fingerprint density at radius 2 is 1.76 bits per heavy atom. The van der Waals surface area contributed by atoms with Crippen LogP contribution >= 0.6 is 0 Å². The van der Waals surface area contributed by atoms with E-state index >= 15 is 0 Å². The highest BCUT2D eigenvalue weighted by Crippen LogP contribution is 2.48. The van der Waals surface area contributed by atoms with Gasteiger partial charge in [-0.3, -0.25) is 9.59 Å². The number of hydrogen-bond donors (Lipinski definition) is 2. The van der Waals surface area contributed by atoms with Gasteiger partial charge in [0, 0.05) is 16.9 Å². The van der Waals surface area contributed by atoms with E-state index in [9.17, 15) is 14.0 Å². The topological polar surface area (TPSA) is 58.2 Å². The molecule has 0 radical (unpaired) electrons. The van der Waals surface area contributed by atoms with Crippen LogP contribution < -0.4 is 10.6 Å². The van der Waals surface area contributed by atoms with E-state index in [1.54, 1.807) is 6.07 Å². The lowest BCUT2D eigenvalue weighted by Crippen LogP contribution is -2.36. The van der Waals surface area contributed by atoms with Gasteiger partial charge in [-0.1, -0.05) is 19.3 Å². The molecule has 1 heterocycles. The molecule has 2 amide bonds. The molecular formula is C20H19FN2O2. The standard InChI is InChI=1S/C20H19FN2O2/c21-14-6-4-13(5-7-14)18(24)22-15-8-9-17-16(12-15)20(19(25)23-17)10-2-1-3-11-20/h4-9,12H,1-3,10-11H2,(H,22,24)(H,23,25). The molecule has 1 saturated carbocycles. The van der Waals surface area contributed by atoms with Crippen LogP contribution in [-0.2, 0) is 10.2 Å². The zero-order valence-corrected chi connectivity index (χ0v) is 13.8. The summed E-state index contributed by atoms with van der Waals surface area (Å²) in [6.45, 7) is 0. The van der Waals surface area contributed by atoms with Gasteiger partial charge < -0.3 is 10.6 Å². The van der Waals surface area contributed by atoms with Crippen molar-refractivity contribution in [2.45, 2.75) is 37.5 Å². The number of amides is 2. The number of anilines is 2. The molecule has 4 nitrogen and oxygen atoms in total. The third-order valence-electron chi connectivity index (χ3n) is 5.29. The molecule has 0 saturated heterocycles. The Bertz CT molecular complexity index is 839. The first-order valence-electron chi connectivity index (χ1n) is 8.61. The predicted octanol–water partition coefficient (Wildman–Crippen LogP) is 4.23. The van der Waals surface area contributed by atoms with Gasteiger partial charge in [0.25, 0.3) is 5.91 Å². The summed E-state index contributed by atoms with van der Waals surface area (Å²) in [7, 11) is 0. The summed E-state index contributed by atoms with van der Waals surface area (Å²) >= 11 is 0. The van der Waals surface area contributed by atoms with Gasteiger partial charge in [0.2, 0.25) is 5.91 Å². The number of carbonyl (C=O) groups is 2. The van der Waals surface area contributed by atoms with Crippen LogP contribution in [0.3, 0.4) is 0 Å². The van der Waals surface area contributed by atoms with Crippen LogP contribution in [-0.4, -0.2) is 11.8 Å². The van der Waals surface area contributed by atoms with E-state index in [2.05, 4.69) is 10.6 Å². The monoisotopic (exact) mass is 338 g/mol. The van der Waals surface area contributed by atoms with E-state index in [0.29, 0.717) is 11.3 Å². The molecule has 1 aliphatic carbocycles. The predicted molar refractivity (Wildman–Crippen MR) is 94.2 cm³/mol. The van der Waals surface area contributed by atoms with Gasteiger partial charge >= 0.3 is 0 Å². The van der Waals surface area contributed by atoms with Crippen molar-refractivity contribution in [1.29, 1.82) is 0 Å². The minimum absolute atomic E-state index is 0.0733. The average Bonchev–Trinajstić information content (AvgIpc) is 2.88. The first-order chi connectivity index (χ1) is 12.1. The number of benzene rings is 2. The van der Waals surface area contributed by atoms with Crippen molar-refractivity contribution in [2.24, 2.45) is 0 Å². The van der Waals surface area contributed by atoms with Crippen molar-refractivity contribution in [3.05, 3.63) is 59.4 Å². The maximum absolute atomic E-state index is 13.0. The smallest absolute Gasteiger partial charge is 0.255 e. The van der Waals surface area contributed by atoms with E-state index < -0.39 is 5.41 Å². The van der Waals surface area contributed by atoms with Crippen LogP contribution in [0.5, 0.6) is 0 Å². The Balaban J connectivity index is 1.62. The number of hydrogen-bond acceptors (Lipinski definition) is 2. The van der Waals surface area contributed by atoms with Gasteiger partial charge in [-0.05, 0) is 60.9 Å². The summed E-state index contributed by atoms with van der Waals surface area (Å²) in [6, 6.07) is 10.9. The average molecular weight is 338 g/mol.